The summed E-state index contributed by atoms with van der Waals surface area (Å²) in [7, 11) is 0. The molecule has 144 valence electrons. The third kappa shape index (κ3) is 3.96. The third-order valence-corrected chi connectivity index (χ3v) is 5.48. The molecule has 1 aliphatic heterocycles. The van der Waals surface area contributed by atoms with E-state index in [1.54, 1.807) is 12.3 Å². The van der Waals surface area contributed by atoms with Crippen molar-refractivity contribution in [3.05, 3.63) is 47.2 Å². The van der Waals surface area contributed by atoms with Gasteiger partial charge in [-0.15, -0.1) is 11.3 Å². The normalized spacial score (nSPS) is 17.0. The summed E-state index contributed by atoms with van der Waals surface area (Å²) in [6.45, 7) is 2.55. The lowest BCUT2D eigenvalue weighted by Gasteiger charge is -2.15. The first kappa shape index (κ1) is 18.4. The van der Waals surface area contributed by atoms with Gasteiger partial charge in [0.2, 0.25) is 5.91 Å². The molecule has 0 bridgehead atoms. The molecule has 4 rings (SSSR count). The van der Waals surface area contributed by atoms with Crippen LogP contribution in [0.15, 0.2) is 35.8 Å². The fourth-order valence-corrected chi connectivity index (χ4v) is 3.85. The zero-order valence-corrected chi connectivity index (χ0v) is 16.2. The number of pyridine rings is 2. The fourth-order valence-electron chi connectivity index (χ4n) is 3.07. The summed E-state index contributed by atoms with van der Waals surface area (Å²) in [5.41, 5.74) is 1.79. The number of thiophene rings is 1. The number of ether oxygens (including phenoxy) is 1. The number of rotatable bonds is 4. The summed E-state index contributed by atoms with van der Waals surface area (Å²) in [6.07, 6.45) is 4.07. The van der Waals surface area contributed by atoms with Gasteiger partial charge in [-0.1, -0.05) is 0 Å². The van der Waals surface area contributed by atoms with Crippen molar-refractivity contribution >= 4 is 33.4 Å². The third-order valence-electron chi connectivity index (χ3n) is 4.56. The van der Waals surface area contributed by atoms with Crippen molar-refractivity contribution in [1.29, 1.82) is 0 Å². The molecule has 0 radical (unpaired) electrons. The summed E-state index contributed by atoms with van der Waals surface area (Å²) in [6, 6.07) is 6.61. The maximum atomic E-state index is 12.8. The van der Waals surface area contributed by atoms with Crippen LogP contribution in [-0.2, 0) is 4.79 Å². The quantitative estimate of drug-likeness (QED) is 0.706. The minimum absolute atomic E-state index is 0.148. The van der Waals surface area contributed by atoms with E-state index in [-0.39, 0.29) is 17.5 Å². The average Bonchev–Trinajstić information content (AvgIpc) is 3.08. The zero-order valence-electron chi connectivity index (χ0n) is 15.4. The van der Waals surface area contributed by atoms with Crippen molar-refractivity contribution in [3.63, 3.8) is 0 Å². The molecule has 2 amide bonds. The fraction of sp³-hybridized carbons (Fsp3) is 0.300. The molecule has 28 heavy (non-hydrogen) atoms. The molecule has 0 spiro atoms. The Morgan fingerprint density at radius 3 is 3.04 bits per heavy atom. The van der Waals surface area contributed by atoms with E-state index in [0.29, 0.717) is 30.0 Å². The first-order valence-electron chi connectivity index (χ1n) is 9.17. The number of aryl methyl sites for hydroxylation is 1. The Morgan fingerprint density at radius 2 is 2.21 bits per heavy atom. The highest BCUT2D eigenvalue weighted by molar-refractivity contribution is 7.17. The van der Waals surface area contributed by atoms with Gasteiger partial charge in [-0.2, -0.15) is 0 Å². The van der Waals surface area contributed by atoms with Crippen molar-refractivity contribution in [3.8, 4) is 11.5 Å². The summed E-state index contributed by atoms with van der Waals surface area (Å²) >= 11 is 1.49. The number of hydrogen-bond donors (Lipinski definition) is 2. The molecule has 4 heterocycles. The van der Waals surface area contributed by atoms with E-state index in [9.17, 15) is 9.59 Å². The Hall–Kier alpha value is -3.00. The number of hydrogen-bond acceptors (Lipinski definition) is 6. The van der Waals surface area contributed by atoms with Crippen LogP contribution in [0.2, 0.25) is 0 Å². The van der Waals surface area contributed by atoms with Crippen LogP contribution in [-0.4, -0.2) is 34.4 Å². The van der Waals surface area contributed by atoms with Crippen LogP contribution in [0.1, 0.15) is 35.4 Å². The minimum atomic E-state index is -0.541. The van der Waals surface area contributed by atoms with Gasteiger partial charge in [0, 0.05) is 18.3 Å². The molecule has 1 atom stereocenters. The maximum Gasteiger partial charge on any atom is 0.270 e. The van der Waals surface area contributed by atoms with Crippen LogP contribution < -0.4 is 15.4 Å². The van der Waals surface area contributed by atoms with Gasteiger partial charge in [0.1, 0.15) is 23.2 Å². The van der Waals surface area contributed by atoms with Crippen LogP contribution in [0.25, 0.3) is 10.2 Å². The first-order chi connectivity index (χ1) is 13.6. The Bertz CT molecular complexity index is 1020. The SMILES string of the molecule is Cc1ccc(Oc2cc(C(=O)NC3CCCCNC3=O)nc3ccsc23)cn1. The van der Waals surface area contributed by atoms with Crippen molar-refractivity contribution < 1.29 is 14.3 Å². The standard InChI is InChI=1S/C20H20N4O3S/c1-12-5-6-13(11-22-12)27-17-10-16(23-14-7-9-28-18(14)17)20(26)24-15-4-2-3-8-21-19(15)25/h5-7,9-11,15H,2-4,8H2,1H3,(H,21,25)(H,24,26). The van der Waals surface area contributed by atoms with Crippen LogP contribution in [0.5, 0.6) is 11.5 Å². The lowest BCUT2D eigenvalue weighted by molar-refractivity contribution is -0.122. The van der Waals surface area contributed by atoms with Crippen LogP contribution in [0.3, 0.4) is 0 Å². The molecule has 1 fully saturated rings. The summed E-state index contributed by atoms with van der Waals surface area (Å²) in [5, 5.41) is 7.52. The second-order valence-electron chi connectivity index (χ2n) is 6.69. The summed E-state index contributed by atoms with van der Waals surface area (Å²) < 4.78 is 6.83. The lowest BCUT2D eigenvalue weighted by Crippen LogP contribution is -2.45. The summed E-state index contributed by atoms with van der Waals surface area (Å²) in [5.74, 6) is 0.592. The number of fused-ring (bicyclic) bond motifs is 1. The number of carbonyl (C=O) groups is 2. The zero-order chi connectivity index (χ0) is 19.5. The molecule has 8 heteroatoms. The number of carbonyl (C=O) groups excluding carboxylic acids is 2. The Morgan fingerprint density at radius 1 is 1.32 bits per heavy atom. The Kier molecular flexibility index (Phi) is 5.21. The molecule has 2 N–H and O–H groups in total. The van der Waals surface area contributed by atoms with Gasteiger partial charge >= 0.3 is 0 Å². The van der Waals surface area contributed by atoms with Crippen molar-refractivity contribution in [2.24, 2.45) is 0 Å². The van der Waals surface area contributed by atoms with Crippen LogP contribution >= 0.6 is 11.3 Å². The van der Waals surface area contributed by atoms with Gasteiger partial charge in [0.25, 0.3) is 5.91 Å². The molecule has 3 aromatic heterocycles. The highest BCUT2D eigenvalue weighted by atomic mass is 32.1. The van der Waals surface area contributed by atoms with E-state index in [1.807, 2.05) is 30.5 Å². The van der Waals surface area contributed by atoms with E-state index in [1.165, 1.54) is 11.3 Å². The van der Waals surface area contributed by atoms with E-state index in [2.05, 4.69) is 20.6 Å². The second kappa shape index (κ2) is 7.93. The van der Waals surface area contributed by atoms with Gasteiger partial charge in [-0.05, 0) is 49.8 Å². The van der Waals surface area contributed by atoms with Crippen LogP contribution in [0, 0.1) is 6.92 Å². The van der Waals surface area contributed by atoms with Gasteiger partial charge in [0.15, 0.2) is 0 Å². The Labute approximate surface area is 166 Å². The molecular weight excluding hydrogens is 376 g/mol. The molecule has 1 aliphatic rings. The number of nitrogens with zero attached hydrogens (tertiary/aromatic N) is 2. The van der Waals surface area contributed by atoms with E-state index >= 15 is 0 Å². The number of aromatic nitrogens is 2. The molecule has 0 aromatic carbocycles. The molecule has 1 saturated heterocycles. The molecule has 3 aromatic rings. The van der Waals surface area contributed by atoms with Crippen LogP contribution in [0.4, 0.5) is 0 Å². The molecule has 1 unspecified atom stereocenters. The highest BCUT2D eigenvalue weighted by Gasteiger charge is 2.24. The van der Waals surface area contributed by atoms with Crippen molar-refractivity contribution in [2.45, 2.75) is 32.2 Å². The predicted molar refractivity (Wildman–Crippen MR) is 107 cm³/mol. The van der Waals surface area contributed by atoms with Gasteiger partial charge in [0.05, 0.1) is 16.4 Å². The molecule has 7 nitrogen and oxygen atoms in total. The smallest absolute Gasteiger partial charge is 0.270 e. The van der Waals surface area contributed by atoms with Gasteiger partial charge in [-0.3, -0.25) is 14.6 Å². The Balaban J connectivity index is 1.61. The van der Waals surface area contributed by atoms with E-state index in [4.69, 9.17) is 4.74 Å². The van der Waals surface area contributed by atoms with Gasteiger partial charge < -0.3 is 15.4 Å². The summed E-state index contributed by atoms with van der Waals surface area (Å²) in [4.78, 5) is 33.5. The number of amides is 2. The van der Waals surface area contributed by atoms with Crippen molar-refractivity contribution in [1.82, 2.24) is 20.6 Å². The monoisotopic (exact) mass is 396 g/mol. The topological polar surface area (TPSA) is 93.2 Å². The van der Waals surface area contributed by atoms with Crippen molar-refractivity contribution in [2.75, 3.05) is 6.54 Å². The minimum Gasteiger partial charge on any atom is -0.454 e. The molecular formula is C20H20N4O3S. The predicted octanol–water partition coefficient (Wildman–Crippen LogP) is 3.19. The van der Waals surface area contributed by atoms with E-state index in [0.717, 1.165) is 23.2 Å². The molecule has 0 saturated carbocycles. The second-order valence-corrected chi connectivity index (χ2v) is 7.61. The largest absolute Gasteiger partial charge is 0.454 e. The molecule has 0 aliphatic carbocycles. The first-order valence-corrected chi connectivity index (χ1v) is 10.1. The average molecular weight is 396 g/mol. The lowest BCUT2D eigenvalue weighted by atomic mass is 10.1. The highest BCUT2D eigenvalue weighted by Crippen LogP contribution is 2.33. The maximum absolute atomic E-state index is 12.8. The van der Waals surface area contributed by atoms with Gasteiger partial charge in [-0.25, -0.2) is 4.98 Å². The number of nitrogens with one attached hydrogen (secondary N) is 2. The van der Waals surface area contributed by atoms with E-state index < -0.39 is 6.04 Å².